The molecule has 0 saturated heterocycles. The van der Waals surface area contributed by atoms with Crippen LogP contribution in [0.1, 0.15) is 9.75 Å². The first-order chi connectivity index (χ1) is 11.0. The fourth-order valence-electron chi connectivity index (χ4n) is 2.13. The topological polar surface area (TPSA) is 52.6 Å². The number of anilines is 1. The van der Waals surface area contributed by atoms with Gasteiger partial charge in [-0.25, -0.2) is 4.39 Å². The number of thiophene rings is 1. The molecule has 0 saturated carbocycles. The number of aliphatic hydroxyl groups is 1. The number of amides is 1. The molecule has 0 aliphatic rings. The third kappa shape index (κ3) is 5.58. The van der Waals surface area contributed by atoms with Gasteiger partial charge >= 0.3 is 0 Å². The molecule has 0 atom stereocenters. The number of benzene rings is 1. The molecule has 0 bridgehead atoms. The van der Waals surface area contributed by atoms with E-state index in [-0.39, 0.29) is 29.8 Å². The molecule has 0 spiro atoms. The second kappa shape index (κ2) is 8.40. The van der Waals surface area contributed by atoms with Gasteiger partial charge in [0.15, 0.2) is 0 Å². The van der Waals surface area contributed by atoms with Gasteiger partial charge in [0.05, 0.1) is 18.8 Å². The van der Waals surface area contributed by atoms with E-state index in [1.807, 2.05) is 24.0 Å². The molecule has 1 aromatic carbocycles. The summed E-state index contributed by atoms with van der Waals surface area (Å²) < 4.78 is 13.7. The van der Waals surface area contributed by atoms with Crippen LogP contribution in [0.15, 0.2) is 30.3 Å². The van der Waals surface area contributed by atoms with E-state index in [1.165, 1.54) is 17.0 Å². The van der Waals surface area contributed by atoms with Crippen molar-refractivity contribution < 1.29 is 14.3 Å². The predicted molar refractivity (Wildman–Crippen MR) is 91.5 cm³/mol. The highest BCUT2D eigenvalue weighted by atomic mass is 35.5. The van der Waals surface area contributed by atoms with Crippen molar-refractivity contribution >= 4 is 34.5 Å². The molecule has 0 aliphatic carbocycles. The summed E-state index contributed by atoms with van der Waals surface area (Å²) in [6.45, 7) is 2.97. The van der Waals surface area contributed by atoms with Crippen molar-refractivity contribution in [3.8, 4) is 0 Å². The number of carbonyl (C=O) groups excluding carboxylic acids is 1. The van der Waals surface area contributed by atoms with Gasteiger partial charge < -0.3 is 10.4 Å². The van der Waals surface area contributed by atoms with E-state index in [2.05, 4.69) is 5.32 Å². The Morgan fingerprint density at radius 3 is 2.78 bits per heavy atom. The number of rotatable bonds is 7. The van der Waals surface area contributed by atoms with E-state index >= 15 is 0 Å². The Labute approximate surface area is 143 Å². The van der Waals surface area contributed by atoms with Gasteiger partial charge in [-0.1, -0.05) is 11.6 Å². The SMILES string of the molecule is Cc1ccc(CN(CCO)CC(=O)Nc2ccc(Cl)cc2F)s1. The molecule has 2 rings (SSSR count). The number of nitrogens with one attached hydrogen (secondary N) is 1. The standard InChI is InChI=1S/C16H18ClFN2O2S/c1-11-2-4-13(23-11)9-20(6-7-21)10-16(22)19-15-5-3-12(17)8-14(15)18/h2-5,8,21H,6-7,9-10H2,1H3,(H,19,22). The molecule has 1 amide bonds. The van der Waals surface area contributed by atoms with Crippen molar-refractivity contribution in [2.24, 2.45) is 0 Å². The molecule has 0 radical (unpaired) electrons. The second-order valence-corrected chi connectivity index (χ2v) is 6.93. The largest absolute Gasteiger partial charge is 0.395 e. The van der Waals surface area contributed by atoms with Gasteiger partial charge in [-0.05, 0) is 37.3 Å². The van der Waals surface area contributed by atoms with Crippen LogP contribution in [0.4, 0.5) is 10.1 Å². The van der Waals surface area contributed by atoms with Crippen LogP contribution in [0.5, 0.6) is 0 Å². The van der Waals surface area contributed by atoms with Crippen molar-refractivity contribution in [2.75, 3.05) is 25.0 Å². The van der Waals surface area contributed by atoms with Crippen LogP contribution in [0, 0.1) is 12.7 Å². The molecule has 23 heavy (non-hydrogen) atoms. The third-order valence-electron chi connectivity index (χ3n) is 3.16. The third-order valence-corrected chi connectivity index (χ3v) is 4.38. The lowest BCUT2D eigenvalue weighted by Crippen LogP contribution is -2.34. The van der Waals surface area contributed by atoms with E-state index in [0.717, 1.165) is 10.9 Å². The zero-order valence-corrected chi connectivity index (χ0v) is 14.3. The Morgan fingerprint density at radius 1 is 1.39 bits per heavy atom. The van der Waals surface area contributed by atoms with Crippen LogP contribution in [0.25, 0.3) is 0 Å². The Balaban J connectivity index is 1.97. The molecule has 7 heteroatoms. The van der Waals surface area contributed by atoms with Gasteiger partial charge in [0.25, 0.3) is 0 Å². The Hall–Kier alpha value is -1.47. The summed E-state index contributed by atoms with van der Waals surface area (Å²) >= 11 is 7.33. The van der Waals surface area contributed by atoms with E-state index in [1.54, 1.807) is 11.3 Å². The summed E-state index contributed by atoms with van der Waals surface area (Å²) in [7, 11) is 0. The van der Waals surface area contributed by atoms with Crippen LogP contribution in [-0.4, -0.2) is 35.6 Å². The van der Waals surface area contributed by atoms with E-state index in [0.29, 0.717) is 13.1 Å². The number of halogens is 2. The quantitative estimate of drug-likeness (QED) is 0.800. The van der Waals surface area contributed by atoms with Crippen LogP contribution in [0.2, 0.25) is 5.02 Å². The number of aryl methyl sites for hydroxylation is 1. The highest BCUT2D eigenvalue weighted by molar-refractivity contribution is 7.11. The first-order valence-corrected chi connectivity index (χ1v) is 8.31. The molecular weight excluding hydrogens is 339 g/mol. The summed E-state index contributed by atoms with van der Waals surface area (Å²) in [4.78, 5) is 16.2. The lowest BCUT2D eigenvalue weighted by molar-refractivity contribution is -0.117. The monoisotopic (exact) mass is 356 g/mol. The van der Waals surface area contributed by atoms with Crippen molar-refractivity contribution in [1.82, 2.24) is 4.90 Å². The van der Waals surface area contributed by atoms with Crippen LogP contribution in [0.3, 0.4) is 0 Å². The van der Waals surface area contributed by atoms with Crippen molar-refractivity contribution in [1.29, 1.82) is 0 Å². The zero-order valence-electron chi connectivity index (χ0n) is 12.7. The molecule has 124 valence electrons. The van der Waals surface area contributed by atoms with Gasteiger partial charge in [-0.2, -0.15) is 0 Å². The maximum Gasteiger partial charge on any atom is 0.238 e. The maximum absolute atomic E-state index is 13.7. The Bertz CT molecular complexity index is 678. The molecule has 1 heterocycles. The number of hydrogen-bond donors (Lipinski definition) is 2. The first kappa shape index (κ1) is 17.9. The summed E-state index contributed by atoms with van der Waals surface area (Å²) in [5.74, 6) is -0.915. The number of nitrogens with zero attached hydrogens (tertiary/aromatic N) is 1. The predicted octanol–water partition coefficient (Wildman–Crippen LogP) is 3.28. The van der Waals surface area contributed by atoms with Crippen molar-refractivity contribution in [3.05, 3.63) is 50.9 Å². The first-order valence-electron chi connectivity index (χ1n) is 7.11. The van der Waals surface area contributed by atoms with Crippen LogP contribution < -0.4 is 5.32 Å². The van der Waals surface area contributed by atoms with Gasteiger partial charge in [-0.15, -0.1) is 11.3 Å². The molecule has 4 nitrogen and oxygen atoms in total. The molecule has 0 fully saturated rings. The molecule has 1 aromatic heterocycles. The fraction of sp³-hybridized carbons (Fsp3) is 0.312. The minimum atomic E-state index is -0.576. The van der Waals surface area contributed by atoms with E-state index < -0.39 is 5.82 Å². The molecule has 0 unspecified atom stereocenters. The van der Waals surface area contributed by atoms with Gasteiger partial charge in [0, 0.05) is 27.9 Å². The van der Waals surface area contributed by atoms with E-state index in [4.69, 9.17) is 16.7 Å². The highest BCUT2D eigenvalue weighted by Crippen LogP contribution is 2.19. The van der Waals surface area contributed by atoms with E-state index in [9.17, 15) is 9.18 Å². The van der Waals surface area contributed by atoms with Crippen LogP contribution in [-0.2, 0) is 11.3 Å². The molecule has 2 N–H and O–H groups in total. The van der Waals surface area contributed by atoms with Gasteiger partial charge in [-0.3, -0.25) is 9.69 Å². The van der Waals surface area contributed by atoms with Gasteiger partial charge in [0.2, 0.25) is 5.91 Å². The summed E-state index contributed by atoms with van der Waals surface area (Å²) in [5, 5.41) is 12.0. The fourth-order valence-corrected chi connectivity index (χ4v) is 3.22. The van der Waals surface area contributed by atoms with Crippen molar-refractivity contribution in [3.63, 3.8) is 0 Å². The number of carbonyl (C=O) groups is 1. The number of hydrogen-bond acceptors (Lipinski definition) is 4. The average molecular weight is 357 g/mol. The maximum atomic E-state index is 13.7. The summed E-state index contributed by atoms with van der Waals surface area (Å²) in [6.07, 6.45) is 0. The smallest absolute Gasteiger partial charge is 0.238 e. The second-order valence-electron chi connectivity index (χ2n) is 5.12. The Morgan fingerprint density at radius 2 is 2.17 bits per heavy atom. The zero-order chi connectivity index (χ0) is 16.8. The minimum absolute atomic E-state index is 0.0487. The molecule has 2 aromatic rings. The molecular formula is C16H18ClFN2O2S. The summed E-state index contributed by atoms with van der Waals surface area (Å²) in [5.41, 5.74) is 0.0929. The lowest BCUT2D eigenvalue weighted by Gasteiger charge is -2.20. The van der Waals surface area contributed by atoms with Crippen molar-refractivity contribution in [2.45, 2.75) is 13.5 Å². The number of aliphatic hydroxyl groups excluding tert-OH is 1. The normalized spacial score (nSPS) is 11.0. The van der Waals surface area contributed by atoms with Gasteiger partial charge in [0.1, 0.15) is 5.82 Å². The molecule has 0 aliphatic heterocycles. The summed E-state index contributed by atoms with van der Waals surface area (Å²) in [6, 6.07) is 8.10. The van der Waals surface area contributed by atoms with Crippen LogP contribution >= 0.6 is 22.9 Å². The minimum Gasteiger partial charge on any atom is -0.395 e. The highest BCUT2D eigenvalue weighted by Gasteiger charge is 2.14. The lowest BCUT2D eigenvalue weighted by atomic mass is 10.3. The Kier molecular flexibility index (Phi) is 6.53. The average Bonchev–Trinajstić information content (AvgIpc) is 2.87.